The van der Waals surface area contributed by atoms with Gasteiger partial charge in [0, 0.05) is 22.1 Å². The van der Waals surface area contributed by atoms with Crippen molar-refractivity contribution < 1.29 is 13.2 Å². The fraction of sp³-hybridized carbons (Fsp3) is 0.500. The second-order valence-electron chi connectivity index (χ2n) is 9.80. The van der Waals surface area contributed by atoms with Crippen molar-refractivity contribution in [2.45, 2.75) is 70.8 Å². The standard InChI is InChI=1S/C26H30Cl2F3N5/c1-14-11-17(6-9-22(14)36-10-4-5-15(36)2)21-13-33-23(24(32)26(29,30)31)25(35-21)34-16(3)19-8-7-18(27)12-20(19)28/h6-8,12-16,22,32H,4-5,9-11H2,1-3H3,(H,34,35). The van der Waals surface area contributed by atoms with E-state index in [1.165, 1.54) is 19.0 Å². The Bertz CT molecular complexity index is 1170. The lowest BCUT2D eigenvalue weighted by atomic mass is 9.83. The van der Waals surface area contributed by atoms with Gasteiger partial charge in [0.2, 0.25) is 0 Å². The van der Waals surface area contributed by atoms with Crippen molar-refractivity contribution in [3.63, 3.8) is 0 Å². The summed E-state index contributed by atoms with van der Waals surface area (Å²) in [5.74, 6) is 0.279. The Hall–Kier alpha value is -2.16. The van der Waals surface area contributed by atoms with Gasteiger partial charge < -0.3 is 5.32 Å². The van der Waals surface area contributed by atoms with E-state index in [0.717, 1.165) is 25.0 Å². The zero-order valence-corrected chi connectivity index (χ0v) is 22.0. The molecule has 4 rings (SSSR count). The van der Waals surface area contributed by atoms with Crippen molar-refractivity contribution in [1.82, 2.24) is 14.9 Å². The van der Waals surface area contributed by atoms with Crippen LogP contribution in [0.4, 0.5) is 19.0 Å². The Kier molecular flexibility index (Phi) is 7.98. The van der Waals surface area contributed by atoms with Crippen molar-refractivity contribution in [3.05, 3.63) is 57.5 Å². The van der Waals surface area contributed by atoms with E-state index >= 15 is 0 Å². The van der Waals surface area contributed by atoms with Gasteiger partial charge in [-0.25, -0.2) is 9.97 Å². The van der Waals surface area contributed by atoms with Gasteiger partial charge in [-0.15, -0.1) is 0 Å². The molecule has 2 heterocycles. The average Bonchev–Trinajstić information content (AvgIpc) is 3.23. The summed E-state index contributed by atoms with van der Waals surface area (Å²) >= 11 is 12.3. The van der Waals surface area contributed by atoms with Crippen molar-refractivity contribution in [2.24, 2.45) is 5.92 Å². The minimum atomic E-state index is -4.86. The van der Waals surface area contributed by atoms with Crippen molar-refractivity contribution in [2.75, 3.05) is 11.9 Å². The van der Waals surface area contributed by atoms with Crippen LogP contribution in [0.25, 0.3) is 5.57 Å². The molecule has 1 aromatic carbocycles. The summed E-state index contributed by atoms with van der Waals surface area (Å²) in [7, 11) is 0. The fourth-order valence-electron chi connectivity index (χ4n) is 5.28. The molecule has 2 aliphatic rings. The summed E-state index contributed by atoms with van der Waals surface area (Å²) in [6.07, 6.45) is 2.67. The number of alkyl halides is 3. The molecule has 1 aromatic heterocycles. The van der Waals surface area contributed by atoms with Gasteiger partial charge in [0.15, 0.2) is 11.5 Å². The van der Waals surface area contributed by atoms with Gasteiger partial charge in [0.25, 0.3) is 0 Å². The second-order valence-corrected chi connectivity index (χ2v) is 10.6. The Morgan fingerprint density at radius 2 is 2.00 bits per heavy atom. The van der Waals surface area contributed by atoms with Crippen LogP contribution in [-0.4, -0.2) is 45.4 Å². The van der Waals surface area contributed by atoms with Crippen molar-refractivity contribution >= 4 is 40.3 Å². The van der Waals surface area contributed by atoms with Gasteiger partial charge >= 0.3 is 6.18 Å². The predicted molar refractivity (Wildman–Crippen MR) is 139 cm³/mol. The fourth-order valence-corrected chi connectivity index (χ4v) is 5.85. The van der Waals surface area contributed by atoms with Crippen LogP contribution >= 0.6 is 23.2 Å². The lowest BCUT2D eigenvalue weighted by Gasteiger charge is -2.38. The molecule has 0 saturated carbocycles. The highest BCUT2D eigenvalue weighted by Gasteiger charge is 2.39. The summed E-state index contributed by atoms with van der Waals surface area (Å²) in [6.45, 7) is 7.35. The normalized spacial score (nSPS) is 23.9. The van der Waals surface area contributed by atoms with Crippen molar-refractivity contribution in [3.8, 4) is 0 Å². The number of allylic oxidation sites excluding steroid dienone is 1. The maximum Gasteiger partial charge on any atom is 0.434 e. The van der Waals surface area contributed by atoms with E-state index in [1.807, 2.05) is 0 Å². The van der Waals surface area contributed by atoms with Gasteiger partial charge in [-0.1, -0.05) is 42.3 Å². The summed E-state index contributed by atoms with van der Waals surface area (Å²) in [6, 6.07) is 5.45. The molecule has 0 bridgehead atoms. The molecule has 1 aliphatic carbocycles. The highest BCUT2D eigenvalue weighted by Crippen LogP contribution is 2.37. The molecule has 1 fully saturated rings. The first-order chi connectivity index (χ1) is 17.0. The molecule has 0 amide bonds. The number of nitrogens with one attached hydrogen (secondary N) is 2. The maximum absolute atomic E-state index is 13.4. The Morgan fingerprint density at radius 1 is 1.25 bits per heavy atom. The first-order valence-corrected chi connectivity index (χ1v) is 12.9. The Labute approximate surface area is 219 Å². The lowest BCUT2D eigenvalue weighted by Crippen LogP contribution is -2.42. The van der Waals surface area contributed by atoms with Crippen LogP contribution in [0.1, 0.15) is 69.4 Å². The molecule has 5 nitrogen and oxygen atoms in total. The van der Waals surface area contributed by atoms with Gasteiger partial charge in [-0.3, -0.25) is 10.3 Å². The summed E-state index contributed by atoms with van der Waals surface area (Å²) in [4.78, 5) is 11.2. The SMILES string of the molecule is CC(Nc1nc(C2=CCC(N3CCCC3C)C(C)C2)cnc1C(=N)C(F)(F)F)c1ccc(Cl)cc1Cl. The van der Waals surface area contributed by atoms with E-state index in [2.05, 4.69) is 40.1 Å². The molecular formula is C26H30Cl2F3N5. The quantitative estimate of drug-likeness (QED) is 0.372. The highest BCUT2D eigenvalue weighted by molar-refractivity contribution is 6.35. The van der Waals surface area contributed by atoms with Crippen LogP contribution in [0.2, 0.25) is 10.0 Å². The zero-order chi connectivity index (χ0) is 26.2. The van der Waals surface area contributed by atoms with Crippen LogP contribution < -0.4 is 5.32 Å². The number of aromatic nitrogens is 2. The number of likely N-dealkylation sites (tertiary alicyclic amines) is 1. The number of anilines is 1. The highest BCUT2D eigenvalue weighted by atomic mass is 35.5. The minimum absolute atomic E-state index is 0.0998. The molecule has 0 spiro atoms. The molecule has 2 N–H and O–H groups in total. The summed E-state index contributed by atoms with van der Waals surface area (Å²) < 4.78 is 40.3. The molecule has 4 unspecified atom stereocenters. The zero-order valence-electron chi connectivity index (χ0n) is 20.5. The van der Waals surface area contributed by atoms with Crippen LogP contribution in [0, 0.1) is 11.3 Å². The predicted octanol–water partition coefficient (Wildman–Crippen LogP) is 7.55. The maximum atomic E-state index is 13.4. The molecule has 36 heavy (non-hydrogen) atoms. The largest absolute Gasteiger partial charge is 0.434 e. The van der Waals surface area contributed by atoms with E-state index < -0.39 is 23.6 Å². The van der Waals surface area contributed by atoms with E-state index in [4.69, 9.17) is 28.6 Å². The third-order valence-corrected chi connectivity index (χ3v) is 7.80. The van der Waals surface area contributed by atoms with Gasteiger partial charge in [-0.05, 0) is 75.3 Å². The third-order valence-electron chi connectivity index (χ3n) is 7.24. The monoisotopic (exact) mass is 539 g/mol. The summed E-state index contributed by atoms with van der Waals surface area (Å²) in [5, 5.41) is 11.5. The van der Waals surface area contributed by atoms with Crippen LogP contribution in [-0.2, 0) is 0 Å². The molecule has 194 valence electrons. The molecule has 2 aromatic rings. The molecule has 1 saturated heterocycles. The van der Waals surface area contributed by atoms with E-state index in [9.17, 15) is 13.2 Å². The molecular weight excluding hydrogens is 510 g/mol. The lowest BCUT2D eigenvalue weighted by molar-refractivity contribution is -0.0589. The number of halogens is 5. The van der Waals surface area contributed by atoms with Crippen LogP contribution in [0.5, 0.6) is 0 Å². The first-order valence-electron chi connectivity index (χ1n) is 12.2. The van der Waals surface area contributed by atoms with Crippen LogP contribution in [0.3, 0.4) is 0 Å². The number of nitrogens with zero attached hydrogens (tertiary/aromatic N) is 3. The topological polar surface area (TPSA) is 64.9 Å². The molecule has 10 heteroatoms. The Balaban J connectivity index is 1.65. The minimum Gasteiger partial charge on any atom is -0.362 e. The smallest absolute Gasteiger partial charge is 0.362 e. The van der Waals surface area contributed by atoms with Gasteiger partial charge in [-0.2, -0.15) is 13.2 Å². The first kappa shape index (κ1) is 26.9. The Morgan fingerprint density at radius 3 is 2.61 bits per heavy atom. The van der Waals surface area contributed by atoms with E-state index in [0.29, 0.717) is 39.3 Å². The summed E-state index contributed by atoms with van der Waals surface area (Å²) in [5.41, 5.74) is 0.0311. The molecule has 1 aliphatic heterocycles. The van der Waals surface area contributed by atoms with E-state index in [-0.39, 0.29) is 5.82 Å². The number of benzene rings is 1. The number of hydrogen-bond acceptors (Lipinski definition) is 5. The number of rotatable bonds is 6. The molecule has 4 atom stereocenters. The van der Waals surface area contributed by atoms with Gasteiger partial charge in [0.05, 0.1) is 17.9 Å². The molecule has 0 radical (unpaired) electrons. The van der Waals surface area contributed by atoms with E-state index in [1.54, 1.807) is 25.1 Å². The van der Waals surface area contributed by atoms with Crippen molar-refractivity contribution in [1.29, 1.82) is 5.41 Å². The van der Waals surface area contributed by atoms with Crippen LogP contribution in [0.15, 0.2) is 30.5 Å². The van der Waals surface area contributed by atoms with Gasteiger partial charge in [0.1, 0.15) is 5.69 Å². The second kappa shape index (κ2) is 10.7. The third kappa shape index (κ3) is 5.71. The average molecular weight is 540 g/mol. The number of hydrogen-bond donors (Lipinski definition) is 2.